The first kappa shape index (κ1) is 16.3. The molecule has 0 saturated carbocycles. The zero-order chi connectivity index (χ0) is 2.00. The van der Waals surface area contributed by atoms with E-state index < -0.39 is 0 Å². The molecular formula is AuCoCrNi. The van der Waals surface area contributed by atoms with E-state index in [4.69, 9.17) is 0 Å². The van der Waals surface area contributed by atoms with Crippen LogP contribution in [-0.2, 0) is 65.8 Å². The third-order valence-corrected chi connectivity index (χ3v) is 0. The van der Waals surface area contributed by atoms with Gasteiger partial charge in [0, 0.05) is 34.1 Å². The molecule has 0 heterocycles. The Kier molecular flexibility index (Phi) is 75.9. The van der Waals surface area contributed by atoms with Crippen molar-refractivity contribution in [3.8, 4) is 0 Å². The molecule has 0 amide bonds. The van der Waals surface area contributed by atoms with Crippen molar-refractivity contribution < 1.29 is 65.8 Å². The normalized spacial score (nSPS) is 2.00. The van der Waals surface area contributed by atoms with E-state index in [9.17, 15) is 0 Å². The molecule has 0 rings (SSSR count). The van der Waals surface area contributed by atoms with Gasteiger partial charge in [-0.15, -0.1) is 0 Å². The molecule has 0 atom stereocenters. The van der Waals surface area contributed by atoms with Gasteiger partial charge in [0.25, 0.3) is 0 Å². The van der Waals surface area contributed by atoms with Gasteiger partial charge >= 0.3 is 31.7 Å². The minimum atomic E-state index is 0. The van der Waals surface area contributed by atoms with E-state index in [0.29, 0.717) is 0 Å². The Morgan fingerprint density at radius 1 is 1.25 bits per heavy atom. The molecule has 0 aliphatic carbocycles. The fourth-order valence-electron chi connectivity index (χ4n) is 0. The molecule has 0 aliphatic heterocycles. The zero-order valence-electron chi connectivity index (χ0n) is 1.36. The van der Waals surface area contributed by atoms with Crippen molar-refractivity contribution in [2.75, 3.05) is 0 Å². The van der Waals surface area contributed by atoms with Crippen LogP contribution in [0.5, 0.6) is 0 Å². The van der Waals surface area contributed by atoms with Gasteiger partial charge in [0.2, 0.25) is 0 Å². The Balaban J connectivity index is -0.00000000500. The second kappa shape index (κ2) is 18.6. The summed E-state index contributed by atoms with van der Waals surface area (Å²) < 4.78 is 0. The molecule has 0 saturated heterocycles. The molecule has 0 aromatic heterocycles. The van der Waals surface area contributed by atoms with Crippen LogP contribution < -0.4 is 0 Å². The number of hydrogen-bond acceptors (Lipinski definition) is 0. The molecule has 36 valence electrons. The Labute approximate surface area is 65.0 Å². The molecule has 0 fully saturated rings. The summed E-state index contributed by atoms with van der Waals surface area (Å²) in [5.74, 6) is 0. The summed E-state index contributed by atoms with van der Waals surface area (Å²) in [6.07, 6.45) is 0. The molecule has 0 nitrogen and oxygen atoms in total. The van der Waals surface area contributed by atoms with Crippen molar-refractivity contribution >= 4 is 0 Å². The molecule has 0 unspecified atom stereocenters. The molecule has 0 spiro atoms. The predicted molar refractivity (Wildman–Crippen MR) is 0 cm³/mol. The van der Waals surface area contributed by atoms with Gasteiger partial charge in [0.05, 0.1) is 0 Å². The van der Waals surface area contributed by atoms with Crippen LogP contribution in [0.25, 0.3) is 0 Å². The second-order valence-corrected chi connectivity index (χ2v) is 0. The van der Waals surface area contributed by atoms with Crippen molar-refractivity contribution in [1.29, 1.82) is 0 Å². The predicted octanol–water partition coefficient (Wildman–Crippen LogP) is -0.0100. The summed E-state index contributed by atoms with van der Waals surface area (Å²) in [4.78, 5) is 0. The van der Waals surface area contributed by atoms with Gasteiger partial charge in [0.1, 0.15) is 0 Å². The molecule has 4 heteroatoms. The van der Waals surface area contributed by atoms with Crippen LogP contribution in [0.4, 0.5) is 0 Å². The molecule has 0 N–H and O–H groups in total. The van der Waals surface area contributed by atoms with E-state index in [1.807, 2.05) is 19.0 Å². The van der Waals surface area contributed by atoms with E-state index in [1.165, 1.54) is 0 Å². The van der Waals surface area contributed by atoms with Crippen LogP contribution in [0.15, 0.2) is 0 Å². The summed E-state index contributed by atoms with van der Waals surface area (Å²) in [6.45, 7) is 0. The quantitative estimate of drug-likeness (QED) is 0.529. The van der Waals surface area contributed by atoms with E-state index in [-0.39, 0.29) is 34.1 Å². The maximum absolute atomic E-state index is 3.82. The van der Waals surface area contributed by atoms with Crippen LogP contribution in [-0.4, -0.2) is 0 Å². The fraction of sp³-hybridized carbons (Fsp3) is 0. The number of hydrogen-bond donors (Lipinski definition) is 0. The first-order valence-corrected chi connectivity index (χ1v) is 3.22. The van der Waals surface area contributed by atoms with Gasteiger partial charge in [-0.2, -0.15) is 0 Å². The topological polar surface area (TPSA) is 0 Å². The van der Waals surface area contributed by atoms with Crippen LogP contribution in [0.1, 0.15) is 0 Å². The van der Waals surface area contributed by atoms with Gasteiger partial charge in [-0.1, -0.05) is 0 Å². The van der Waals surface area contributed by atoms with E-state index >= 15 is 0 Å². The Morgan fingerprint density at radius 2 is 1.25 bits per heavy atom. The van der Waals surface area contributed by atoms with Crippen molar-refractivity contribution in [3.05, 3.63) is 0 Å². The van der Waals surface area contributed by atoms with E-state index in [0.717, 1.165) is 0 Å². The zero-order valence-corrected chi connectivity index (χ0v) is 6.83. The van der Waals surface area contributed by atoms with Gasteiger partial charge < -0.3 is 0 Å². The third-order valence-electron chi connectivity index (χ3n) is 0. The van der Waals surface area contributed by atoms with E-state index in [2.05, 4.69) is 12.6 Å². The summed E-state index contributed by atoms with van der Waals surface area (Å²) in [7, 11) is 0. The molecule has 1 radical (unpaired) electrons. The Morgan fingerprint density at radius 3 is 1.25 bits per heavy atom. The van der Waals surface area contributed by atoms with E-state index in [1.54, 1.807) is 0 Å². The summed E-state index contributed by atoms with van der Waals surface area (Å²) in [5.41, 5.74) is 0. The first-order valence-electron chi connectivity index (χ1n) is 0.0953. The van der Waals surface area contributed by atoms with Gasteiger partial charge in [-0.05, 0) is 0 Å². The molecular weight excluding hydrogens is 367 g/mol. The molecule has 0 aliphatic rings. The molecule has 0 bridgehead atoms. The van der Waals surface area contributed by atoms with Crippen LogP contribution in [0.3, 0.4) is 0 Å². The standard InChI is InChI=1S/Au.Co.Cr.Ni. The minimum absolute atomic E-state index is 0. The van der Waals surface area contributed by atoms with Crippen molar-refractivity contribution in [2.45, 2.75) is 0 Å². The van der Waals surface area contributed by atoms with Crippen molar-refractivity contribution in [2.24, 2.45) is 0 Å². The van der Waals surface area contributed by atoms with Crippen LogP contribution in [0, 0.1) is 0 Å². The Hall–Kier alpha value is 2.27. The summed E-state index contributed by atoms with van der Waals surface area (Å²) >= 11 is 5.72. The summed E-state index contributed by atoms with van der Waals surface area (Å²) in [6, 6.07) is 0. The van der Waals surface area contributed by atoms with Crippen molar-refractivity contribution in [3.63, 3.8) is 0 Å². The van der Waals surface area contributed by atoms with Gasteiger partial charge in [-0.25, -0.2) is 0 Å². The molecule has 4 heavy (non-hydrogen) atoms. The van der Waals surface area contributed by atoms with Crippen molar-refractivity contribution in [1.82, 2.24) is 0 Å². The van der Waals surface area contributed by atoms with Gasteiger partial charge in [0.15, 0.2) is 0 Å². The average Bonchev–Trinajstić information content (AvgIpc) is 1.00. The molecule has 0 aromatic carbocycles. The van der Waals surface area contributed by atoms with Crippen LogP contribution >= 0.6 is 0 Å². The maximum atomic E-state index is 3.82. The monoisotopic (exact) mass is 366 g/mol. The second-order valence-electron chi connectivity index (χ2n) is 0. The SMILES string of the molecule is [Co].[Cr].[Ni][Au]. The number of rotatable bonds is 0. The first-order chi connectivity index (χ1) is 1.00. The van der Waals surface area contributed by atoms with Gasteiger partial charge in [-0.3, -0.25) is 0 Å². The van der Waals surface area contributed by atoms with Crippen LogP contribution in [0.2, 0.25) is 0 Å². The third kappa shape index (κ3) is 8.86. The Bertz CT molecular complexity index is 8.00. The average molecular weight is 367 g/mol. The molecule has 0 aromatic rings. The summed E-state index contributed by atoms with van der Waals surface area (Å²) in [5, 5.41) is 0. The fourth-order valence-corrected chi connectivity index (χ4v) is 0.